The van der Waals surface area contributed by atoms with Gasteiger partial charge in [-0.1, -0.05) is 0 Å². The first-order chi connectivity index (χ1) is 7.19. The van der Waals surface area contributed by atoms with Gasteiger partial charge in [-0.15, -0.1) is 0 Å². The van der Waals surface area contributed by atoms with E-state index < -0.39 is 11.3 Å². The molecular formula is C9H15N3O2S. The van der Waals surface area contributed by atoms with Crippen LogP contribution in [-0.4, -0.2) is 26.8 Å². The Hall–Kier alpha value is -1.14. The van der Waals surface area contributed by atoms with Crippen molar-refractivity contribution in [3.63, 3.8) is 0 Å². The van der Waals surface area contributed by atoms with Crippen LogP contribution in [0.4, 0.5) is 11.4 Å². The number of hydrogen-bond donors (Lipinski definition) is 2. The summed E-state index contributed by atoms with van der Waals surface area (Å²) >= 11 is -2.06. The summed E-state index contributed by atoms with van der Waals surface area (Å²) in [5, 5.41) is 0. The van der Waals surface area contributed by atoms with Gasteiger partial charge in [-0.2, -0.15) is 0 Å². The van der Waals surface area contributed by atoms with Crippen LogP contribution in [0.25, 0.3) is 0 Å². The average Bonchev–Trinajstić information content (AvgIpc) is 2.21. The van der Waals surface area contributed by atoms with E-state index in [-0.39, 0.29) is 0 Å². The van der Waals surface area contributed by atoms with Crippen molar-refractivity contribution in [3.8, 4) is 0 Å². The fraction of sp³-hybridized carbons (Fsp3) is 0.444. The third kappa shape index (κ3) is 3.17. The fourth-order valence-electron chi connectivity index (χ4n) is 1.40. The van der Waals surface area contributed by atoms with Crippen molar-refractivity contribution >= 4 is 22.6 Å². The smallest absolute Gasteiger partial charge is 0.259 e. The lowest BCUT2D eigenvalue weighted by molar-refractivity contribution is 0.570. The molecule has 0 spiro atoms. The quantitative estimate of drug-likeness (QED) is 0.750. The number of pyridine rings is 1. The van der Waals surface area contributed by atoms with Crippen LogP contribution in [0.2, 0.25) is 0 Å². The average molecular weight is 229 g/mol. The minimum absolute atomic E-state index is 0.571. The second-order valence-corrected chi connectivity index (χ2v) is 3.62. The second-order valence-electron chi connectivity index (χ2n) is 2.92. The summed E-state index contributed by atoms with van der Waals surface area (Å²) in [4.78, 5) is 5.99. The van der Waals surface area contributed by atoms with E-state index in [0.29, 0.717) is 5.69 Å². The van der Waals surface area contributed by atoms with Gasteiger partial charge in [-0.25, -0.2) is 4.21 Å². The molecule has 0 aliphatic heterocycles. The van der Waals surface area contributed by atoms with Crippen molar-refractivity contribution in [1.82, 2.24) is 4.98 Å². The summed E-state index contributed by atoms with van der Waals surface area (Å²) in [6, 6.07) is 1.82. The number of aromatic nitrogens is 1. The van der Waals surface area contributed by atoms with E-state index >= 15 is 0 Å². The molecular weight excluding hydrogens is 214 g/mol. The van der Waals surface area contributed by atoms with Gasteiger partial charge in [0.15, 0.2) is 0 Å². The molecule has 1 unspecified atom stereocenters. The summed E-state index contributed by atoms with van der Waals surface area (Å²) in [6.07, 6.45) is 3.21. The van der Waals surface area contributed by atoms with E-state index in [1.807, 2.05) is 19.9 Å². The zero-order valence-electron chi connectivity index (χ0n) is 8.80. The van der Waals surface area contributed by atoms with Crippen LogP contribution in [0.15, 0.2) is 18.5 Å². The summed E-state index contributed by atoms with van der Waals surface area (Å²) < 4.78 is 21.9. The number of nitrogens with zero attached hydrogens (tertiary/aromatic N) is 2. The lowest BCUT2D eigenvalue weighted by Gasteiger charge is -2.23. The third-order valence-corrected chi connectivity index (χ3v) is 2.49. The van der Waals surface area contributed by atoms with E-state index in [2.05, 4.69) is 14.6 Å². The Morgan fingerprint density at radius 2 is 2.20 bits per heavy atom. The Kier molecular flexibility index (Phi) is 4.51. The zero-order valence-corrected chi connectivity index (χ0v) is 9.62. The molecule has 1 heterocycles. The lowest BCUT2D eigenvalue weighted by Crippen LogP contribution is -2.23. The first-order valence-electron chi connectivity index (χ1n) is 4.75. The van der Waals surface area contributed by atoms with Gasteiger partial charge in [0, 0.05) is 19.3 Å². The number of hydrogen-bond acceptors (Lipinski definition) is 3. The molecule has 0 saturated heterocycles. The highest BCUT2D eigenvalue weighted by molar-refractivity contribution is 7.80. The van der Waals surface area contributed by atoms with Crippen LogP contribution in [0.1, 0.15) is 13.8 Å². The topological polar surface area (TPSA) is 65.5 Å². The molecule has 0 aliphatic rings. The van der Waals surface area contributed by atoms with Crippen molar-refractivity contribution in [3.05, 3.63) is 18.5 Å². The van der Waals surface area contributed by atoms with Crippen LogP contribution in [0.3, 0.4) is 0 Å². The molecule has 0 aromatic carbocycles. The fourth-order valence-corrected chi connectivity index (χ4v) is 1.75. The van der Waals surface area contributed by atoms with Crippen LogP contribution >= 0.6 is 0 Å². The Bertz CT molecular complexity index is 342. The molecule has 1 aromatic rings. The van der Waals surface area contributed by atoms with Gasteiger partial charge in [0.2, 0.25) is 0 Å². The van der Waals surface area contributed by atoms with Crippen LogP contribution < -0.4 is 9.62 Å². The van der Waals surface area contributed by atoms with Gasteiger partial charge in [-0.3, -0.25) is 14.3 Å². The van der Waals surface area contributed by atoms with Gasteiger partial charge >= 0.3 is 0 Å². The van der Waals surface area contributed by atoms with Crippen molar-refractivity contribution in [1.29, 1.82) is 0 Å². The Labute approximate surface area is 91.9 Å². The molecule has 6 heteroatoms. The molecule has 15 heavy (non-hydrogen) atoms. The summed E-state index contributed by atoms with van der Waals surface area (Å²) in [5.41, 5.74) is 1.46. The zero-order chi connectivity index (χ0) is 11.3. The first-order valence-corrected chi connectivity index (χ1v) is 5.86. The van der Waals surface area contributed by atoms with Gasteiger partial charge in [0.25, 0.3) is 11.3 Å². The Morgan fingerprint density at radius 3 is 2.73 bits per heavy atom. The maximum absolute atomic E-state index is 10.7. The molecule has 0 amide bonds. The molecule has 2 N–H and O–H groups in total. The summed E-state index contributed by atoms with van der Waals surface area (Å²) in [5.74, 6) is 0. The highest BCUT2D eigenvalue weighted by Crippen LogP contribution is 2.24. The maximum atomic E-state index is 10.7. The molecule has 0 radical (unpaired) electrons. The van der Waals surface area contributed by atoms with E-state index in [4.69, 9.17) is 4.55 Å². The minimum atomic E-state index is -2.06. The van der Waals surface area contributed by atoms with Gasteiger partial charge in [0.05, 0.1) is 17.6 Å². The summed E-state index contributed by atoms with van der Waals surface area (Å²) in [7, 11) is 0. The van der Waals surface area contributed by atoms with Gasteiger partial charge in [-0.05, 0) is 19.9 Å². The number of rotatable bonds is 5. The molecule has 0 fully saturated rings. The van der Waals surface area contributed by atoms with E-state index in [9.17, 15) is 4.21 Å². The Balaban J connectivity index is 2.99. The van der Waals surface area contributed by atoms with Crippen molar-refractivity contribution in [2.75, 3.05) is 22.7 Å². The van der Waals surface area contributed by atoms with Crippen molar-refractivity contribution in [2.45, 2.75) is 13.8 Å². The molecule has 0 saturated carbocycles. The molecule has 0 bridgehead atoms. The molecule has 0 aliphatic carbocycles. The summed E-state index contributed by atoms with van der Waals surface area (Å²) in [6.45, 7) is 5.74. The first kappa shape index (κ1) is 11.9. The van der Waals surface area contributed by atoms with Crippen LogP contribution in [-0.2, 0) is 11.3 Å². The highest BCUT2D eigenvalue weighted by atomic mass is 32.2. The van der Waals surface area contributed by atoms with Gasteiger partial charge < -0.3 is 4.90 Å². The predicted octanol–water partition coefficient (Wildman–Crippen LogP) is 1.48. The molecule has 1 aromatic heterocycles. The number of nitrogens with one attached hydrogen (secondary N) is 1. The Morgan fingerprint density at radius 1 is 1.53 bits per heavy atom. The maximum Gasteiger partial charge on any atom is 0.259 e. The normalized spacial score (nSPS) is 12.2. The molecule has 1 rings (SSSR count). The van der Waals surface area contributed by atoms with E-state index in [0.717, 1.165) is 18.8 Å². The highest BCUT2D eigenvalue weighted by Gasteiger charge is 2.08. The van der Waals surface area contributed by atoms with E-state index in [1.54, 1.807) is 12.4 Å². The van der Waals surface area contributed by atoms with Crippen LogP contribution in [0.5, 0.6) is 0 Å². The molecule has 1 atom stereocenters. The standard InChI is InChI=1S/C9H15N3O2S/c1-3-12(4-2)9-5-6-10-7-8(9)11-15(13)14/h5-7,11H,3-4H2,1-2H3,(H,13,14). The SMILES string of the molecule is CCN(CC)c1ccncc1NS(=O)O. The van der Waals surface area contributed by atoms with Crippen molar-refractivity contribution < 1.29 is 8.76 Å². The van der Waals surface area contributed by atoms with Crippen molar-refractivity contribution in [2.24, 2.45) is 0 Å². The predicted molar refractivity (Wildman–Crippen MR) is 62.2 cm³/mol. The van der Waals surface area contributed by atoms with Gasteiger partial charge in [0.1, 0.15) is 0 Å². The van der Waals surface area contributed by atoms with Crippen LogP contribution in [0, 0.1) is 0 Å². The minimum Gasteiger partial charge on any atom is -0.370 e. The molecule has 5 nitrogen and oxygen atoms in total. The van der Waals surface area contributed by atoms with E-state index in [1.165, 1.54) is 0 Å². The lowest BCUT2D eigenvalue weighted by atomic mass is 10.3. The number of anilines is 2. The monoisotopic (exact) mass is 229 g/mol. The second kappa shape index (κ2) is 5.67. The third-order valence-electron chi connectivity index (χ3n) is 2.10. The largest absolute Gasteiger partial charge is 0.370 e. The molecule has 84 valence electrons.